The highest BCUT2D eigenvalue weighted by molar-refractivity contribution is 5.88. The van der Waals surface area contributed by atoms with Crippen LogP contribution in [0, 0.1) is 10.1 Å². The summed E-state index contributed by atoms with van der Waals surface area (Å²) in [5.41, 5.74) is -0.110. The molecule has 19 heavy (non-hydrogen) atoms. The minimum absolute atomic E-state index is 0.0431. The molecular formula is C12H17N3O4. The zero-order valence-electron chi connectivity index (χ0n) is 11.2. The number of ether oxygens (including phenoxy) is 1. The summed E-state index contributed by atoms with van der Waals surface area (Å²) < 4.78 is 4.55. The molecule has 0 saturated heterocycles. The molecule has 1 aromatic heterocycles. The Kier molecular flexibility index (Phi) is 5.23. The molecule has 0 fully saturated rings. The Bertz CT molecular complexity index is 472. The molecule has 104 valence electrons. The minimum atomic E-state index is -0.623. The summed E-state index contributed by atoms with van der Waals surface area (Å²) in [6.07, 6.45) is 1.61. The van der Waals surface area contributed by atoms with Crippen LogP contribution in [0.1, 0.15) is 37.2 Å². The first kappa shape index (κ1) is 14.9. The van der Waals surface area contributed by atoms with E-state index >= 15 is 0 Å². The van der Waals surface area contributed by atoms with Crippen LogP contribution >= 0.6 is 0 Å². The number of anilines is 1. The molecule has 1 rings (SSSR count). The summed E-state index contributed by atoms with van der Waals surface area (Å²) in [5, 5.41) is 13.9. The Hall–Kier alpha value is -2.18. The van der Waals surface area contributed by atoms with E-state index in [9.17, 15) is 14.9 Å². The lowest BCUT2D eigenvalue weighted by Gasteiger charge is -2.15. The molecule has 0 unspecified atom stereocenters. The second-order valence-electron chi connectivity index (χ2n) is 3.97. The highest BCUT2D eigenvalue weighted by atomic mass is 16.6. The summed E-state index contributed by atoms with van der Waals surface area (Å²) in [6, 6.07) is 2.60. The van der Waals surface area contributed by atoms with Crippen molar-refractivity contribution in [2.45, 2.75) is 32.7 Å². The van der Waals surface area contributed by atoms with Crippen molar-refractivity contribution in [1.29, 1.82) is 0 Å². The summed E-state index contributed by atoms with van der Waals surface area (Å²) in [5.74, 6) is -0.524. The van der Waals surface area contributed by atoms with Crippen LogP contribution < -0.4 is 5.32 Å². The maximum absolute atomic E-state index is 11.4. The maximum Gasteiger partial charge on any atom is 0.356 e. The van der Waals surface area contributed by atoms with Crippen molar-refractivity contribution in [1.82, 2.24) is 4.98 Å². The van der Waals surface area contributed by atoms with E-state index in [0.717, 1.165) is 12.8 Å². The molecule has 0 spiro atoms. The van der Waals surface area contributed by atoms with Gasteiger partial charge in [-0.05, 0) is 18.9 Å². The number of pyridine rings is 1. The van der Waals surface area contributed by atoms with Crippen molar-refractivity contribution >= 4 is 17.5 Å². The SMILES string of the molecule is CCC(CC)Nc1nc(C(=O)OC)ccc1[N+](=O)[O-]. The number of esters is 1. The first-order valence-electron chi connectivity index (χ1n) is 6.03. The van der Waals surface area contributed by atoms with Crippen molar-refractivity contribution in [3.05, 3.63) is 27.9 Å². The molecule has 1 heterocycles. The third kappa shape index (κ3) is 3.64. The molecule has 0 atom stereocenters. The molecule has 0 saturated carbocycles. The first-order chi connectivity index (χ1) is 9.03. The zero-order chi connectivity index (χ0) is 14.4. The van der Waals surface area contributed by atoms with Crippen molar-refractivity contribution in [2.24, 2.45) is 0 Å². The zero-order valence-corrected chi connectivity index (χ0v) is 11.2. The van der Waals surface area contributed by atoms with Crippen molar-refractivity contribution in [3.8, 4) is 0 Å². The van der Waals surface area contributed by atoms with Gasteiger partial charge in [-0.1, -0.05) is 13.8 Å². The van der Waals surface area contributed by atoms with Crippen molar-refractivity contribution in [3.63, 3.8) is 0 Å². The van der Waals surface area contributed by atoms with E-state index in [1.165, 1.54) is 19.2 Å². The predicted molar refractivity (Wildman–Crippen MR) is 70.2 cm³/mol. The summed E-state index contributed by atoms with van der Waals surface area (Å²) in [7, 11) is 1.24. The van der Waals surface area contributed by atoms with Gasteiger partial charge < -0.3 is 10.1 Å². The Labute approximate surface area is 111 Å². The maximum atomic E-state index is 11.4. The molecule has 1 aromatic rings. The van der Waals surface area contributed by atoms with E-state index in [1.807, 2.05) is 13.8 Å². The largest absolute Gasteiger partial charge is 0.464 e. The lowest BCUT2D eigenvalue weighted by Crippen LogP contribution is -2.19. The third-order valence-corrected chi connectivity index (χ3v) is 2.79. The number of hydrogen-bond donors (Lipinski definition) is 1. The van der Waals surface area contributed by atoms with Crippen LogP contribution in [-0.2, 0) is 4.74 Å². The number of rotatable bonds is 6. The van der Waals surface area contributed by atoms with Gasteiger partial charge in [0.25, 0.3) is 0 Å². The van der Waals surface area contributed by atoms with Crippen LogP contribution in [0.3, 0.4) is 0 Å². The fourth-order valence-electron chi connectivity index (χ4n) is 1.61. The molecule has 7 nitrogen and oxygen atoms in total. The minimum Gasteiger partial charge on any atom is -0.464 e. The van der Waals surface area contributed by atoms with E-state index in [1.54, 1.807) is 0 Å². The van der Waals surface area contributed by atoms with Gasteiger partial charge in [-0.3, -0.25) is 10.1 Å². The predicted octanol–water partition coefficient (Wildman–Crippen LogP) is 2.38. The van der Waals surface area contributed by atoms with Crippen molar-refractivity contribution < 1.29 is 14.5 Å². The number of carbonyl (C=O) groups excluding carboxylic acids is 1. The highest BCUT2D eigenvalue weighted by Crippen LogP contribution is 2.24. The number of carbonyl (C=O) groups is 1. The van der Waals surface area contributed by atoms with E-state index < -0.39 is 10.9 Å². The molecule has 0 aromatic carbocycles. The van der Waals surface area contributed by atoms with Gasteiger partial charge >= 0.3 is 11.7 Å². The lowest BCUT2D eigenvalue weighted by molar-refractivity contribution is -0.384. The lowest BCUT2D eigenvalue weighted by atomic mass is 10.1. The Morgan fingerprint density at radius 2 is 2.11 bits per heavy atom. The fourth-order valence-corrected chi connectivity index (χ4v) is 1.61. The molecule has 7 heteroatoms. The number of nitrogens with zero attached hydrogens (tertiary/aromatic N) is 2. The van der Waals surface area contributed by atoms with Crippen LogP contribution in [0.4, 0.5) is 11.5 Å². The van der Waals surface area contributed by atoms with Gasteiger partial charge in [0.2, 0.25) is 5.82 Å². The first-order valence-corrected chi connectivity index (χ1v) is 6.03. The van der Waals surface area contributed by atoms with Gasteiger partial charge in [-0.2, -0.15) is 0 Å². The number of aromatic nitrogens is 1. The molecule has 0 aliphatic carbocycles. The molecule has 0 aliphatic rings. The second-order valence-corrected chi connectivity index (χ2v) is 3.97. The fraction of sp³-hybridized carbons (Fsp3) is 0.500. The monoisotopic (exact) mass is 267 g/mol. The van der Waals surface area contributed by atoms with Crippen LogP contribution in [-0.4, -0.2) is 29.0 Å². The topological polar surface area (TPSA) is 94.4 Å². The summed E-state index contributed by atoms with van der Waals surface area (Å²) >= 11 is 0. The van der Waals surface area contributed by atoms with Gasteiger partial charge in [0.05, 0.1) is 12.0 Å². The molecule has 0 aliphatic heterocycles. The van der Waals surface area contributed by atoms with E-state index in [4.69, 9.17) is 0 Å². The average molecular weight is 267 g/mol. The number of nitrogens with one attached hydrogen (secondary N) is 1. The summed E-state index contributed by atoms with van der Waals surface area (Å²) in [6.45, 7) is 3.94. The molecular weight excluding hydrogens is 250 g/mol. The number of methoxy groups -OCH3 is 1. The van der Waals surface area contributed by atoms with Gasteiger partial charge in [-0.15, -0.1) is 0 Å². The van der Waals surface area contributed by atoms with Crippen LogP contribution in [0.2, 0.25) is 0 Å². The van der Waals surface area contributed by atoms with Crippen LogP contribution in [0.5, 0.6) is 0 Å². The normalized spacial score (nSPS) is 10.3. The Morgan fingerprint density at radius 3 is 2.58 bits per heavy atom. The number of hydrogen-bond acceptors (Lipinski definition) is 6. The molecule has 0 amide bonds. The smallest absolute Gasteiger partial charge is 0.356 e. The van der Waals surface area contributed by atoms with Crippen LogP contribution in [0.25, 0.3) is 0 Å². The van der Waals surface area contributed by atoms with Gasteiger partial charge in [-0.25, -0.2) is 9.78 Å². The average Bonchev–Trinajstić information content (AvgIpc) is 2.43. The van der Waals surface area contributed by atoms with E-state index in [0.29, 0.717) is 0 Å². The van der Waals surface area contributed by atoms with E-state index in [2.05, 4.69) is 15.0 Å². The number of nitro groups is 1. The van der Waals surface area contributed by atoms with Crippen molar-refractivity contribution in [2.75, 3.05) is 12.4 Å². The third-order valence-electron chi connectivity index (χ3n) is 2.79. The van der Waals surface area contributed by atoms with E-state index in [-0.39, 0.29) is 23.2 Å². The highest BCUT2D eigenvalue weighted by Gasteiger charge is 2.20. The molecule has 0 radical (unpaired) electrons. The Balaban J connectivity index is 3.15. The molecule has 1 N–H and O–H groups in total. The quantitative estimate of drug-likeness (QED) is 0.483. The van der Waals surface area contributed by atoms with Gasteiger partial charge in [0, 0.05) is 12.1 Å². The standard InChI is InChI=1S/C12H17N3O4/c1-4-8(5-2)13-11-10(15(17)18)7-6-9(14-11)12(16)19-3/h6-8H,4-5H2,1-3H3,(H,13,14). The summed E-state index contributed by atoms with van der Waals surface area (Å²) in [4.78, 5) is 25.8. The van der Waals surface area contributed by atoms with Gasteiger partial charge in [0.1, 0.15) is 0 Å². The second kappa shape index (κ2) is 6.67. The Morgan fingerprint density at radius 1 is 1.47 bits per heavy atom. The van der Waals surface area contributed by atoms with Crippen LogP contribution in [0.15, 0.2) is 12.1 Å². The molecule has 0 bridgehead atoms. The van der Waals surface area contributed by atoms with Gasteiger partial charge in [0.15, 0.2) is 5.69 Å².